The fraction of sp³-hybridized carbons (Fsp3) is 0.500. The van der Waals surface area contributed by atoms with Gasteiger partial charge in [0.2, 0.25) is 6.17 Å². The van der Waals surface area contributed by atoms with Crippen molar-refractivity contribution >= 4 is 11.7 Å². The van der Waals surface area contributed by atoms with Crippen molar-refractivity contribution in [1.29, 1.82) is 0 Å². The van der Waals surface area contributed by atoms with E-state index in [-0.39, 0.29) is 5.84 Å². The maximum Gasteiger partial charge on any atom is 0.430 e. The number of hydrazone groups is 2. The molecule has 1 aromatic rings. The van der Waals surface area contributed by atoms with Crippen LogP contribution in [0, 0.1) is 0 Å². The van der Waals surface area contributed by atoms with Crippen molar-refractivity contribution in [2.75, 3.05) is 20.1 Å². The second-order valence-electron chi connectivity index (χ2n) is 7.17. The van der Waals surface area contributed by atoms with Gasteiger partial charge in [0.05, 0.1) is 0 Å². The highest BCUT2D eigenvalue weighted by atomic mass is 19.4. The van der Waals surface area contributed by atoms with Crippen LogP contribution in [-0.2, 0) is 6.54 Å². The smallest absolute Gasteiger partial charge is 0.355 e. The van der Waals surface area contributed by atoms with Crippen LogP contribution in [0.5, 0.6) is 0 Å². The Morgan fingerprint density at radius 2 is 1.96 bits per heavy atom. The van der Waals surface area contributed by atoms with Crippen LogP contribution in [0.4, 0.5) is 13.2 Å². The molecule has 3 aliphatic heterocycles. The Morgan fingerprint density at radius 1 is 1.21 bits per heavy atom. The normalized spacial score (nSPS) is 22.8. The maximum absolute atomic E-state index is 13.1. The van der Waals surface area contributed by atoms with E-state index in [0.29, 0.717) is 11.9 Å². The zero-order chi connectivity index (χ0) is 19.7. The number of halogens is 3. The molecule has 1 N–H and O–H groups in total. The number of nitrogens with one attached hydrogen (secondary N) is 1. The lowest BCUT2D eigenvalue weighted by Gasteiger charge is -2.38. The van der Waals surface area contributed by atoms with Crippen molar-refractivity contribution in [2.45, 2.75) is 37.8 Å². The molecular formula is C18H22F3N7. The summed E-state index contributed by atoms with van der Waals surface area (Å²) in [5.74, 6) is 0.724. The first-order chi connectivity index (χ1) is 13.4. The third-order valence-corrected chi connectivity index (χ3v) is 5.25. The first-order valence-corrected chi connectivity index (χ1v) is 9.22. The number of hydrogen-bond donors (Lipinski definition) is 1. The summed E-state index contributed by atoms with van der Waals surface area (Å²) in [6, 6.07) is 4.40. The highest BCUT2D eigenvalue weighted by Crippen LogP contribution is 2.28. The van der Waals surface area contributed by atoms with Gasteiger partial charge in [0, 0.05) is 38.1 Å². The topological polar surface area (TPSA) is 59.4 Å². The van der Waals surface area contributed by atoms with E-state index in [4.69, 9.17) is 0 Å². The van der Waals surface area contributed by atoms with E-state index in [1.165, 1.54) is 5.56 Å². The lowest BCUT2D eigenvalue weighted by atomic mass is 10.0. The molecule has 0 amide bonds. The van der Waals surface area contributed by atoms with Gasteiger partial charge < -0.3 is 4.90 Å². The standard InChI is InChI=1S/C18H22F3N7/c1-26(12-13-3-2-8-22-11-13)14-6-9-27(10-7-14)16-5-4-15-23-24-17(18(19,20)21)28(15)25-16/h2-5,8,11,14,17,24H,6-7,9-10,12H2,1H3. The minimum absolute atomic E-state index is 0.178. The number of aromatic nitrogens is 1. The molecule has 150 valence electrons. The Balaban J connectivity index is 1.36. The van der Waals surface area contributed by atoms with Crippen LogP contribution in [0.3, 0.4) is 0 Å². The van der Waals surface area contributed by atoms with Gasteiger partial charge in [0.1, 0.15) is 5.84 Å². The molecule has 0 spiro atoms. The number of pyridine rings is 1. The Labute approximate surface area is 161 Å². The second kappa shape index (κ2) is 7.42. The predicted molar refractivity (Wildman–Crippen MR) is 99.1 cm³/mol. The summed E-state index contributed by atoms with van der Waals surface area (Å²) in [6.45, 7) is 2.32. The molecule has 10 heteroatoms. The summed E-state index contributed by atoms with van der Waals surface area (Å²) in [5, 5.41) is 8.83. The average molecular weight is 393 g/mol. The first kappa shape index (κ1) is 18.7. The van der Waals surface area contributed by atoms with Crippen LogP contribution in [0.25, 0.3) is 0 Å². The van der Waals surface area contributed by atoms with Gasteiger partial charge in [-0.3, -0.25) is 15.3 Å². The third kappa shape index (κ3) is 3.82. The zero-order valence-electron chi connectivity index (χ0n) is 15.5. The number of rotatable bonds is 3. The van der Waals surface area contributed by atoms with E-state index in [1.807, 2.05) is 17.2 Å². The van der Waals surface area contributed by atoms with Crippen molar-refractivity contribution in [2.24, 2.45) is 10.2 Å². The number of alkyl halides is 3. The highest BCUT2D eigenvalue weighted by molar-refractivity contribution is 6.05. The fourth-order valence-electron chi connectivity index (χ4n) is 3.71. The molecule has 1 saturated heterocycles. The highest BCUT2D eigenvalue weighted by Gasteiger charge is 2.49. The van der Waals surface area contributed by atoms with Crippen LogP contribution in [0.2, 0.25) is 0 Å². The summed E-state index contributed by atoms with van der Waals surface area (Å²) >= 11 is 0. The van der Waals surface area contributed by atoms with E-state index in [0.717, 1.165) is 37.5 Å². The molecule has 0 bridgehead atoms. The zero-order valence-corrected chi connectivity index (χ0v) is 15.5. The summed E-state index contributed by atoms with van der Waals surface area (Å²) in [5.41, 5.74) is 3.27. The van der Waals surface area contributed by atoms with E-state index in [9.17, 15) is 13.2 Å². The molecule has 0 saturated carbocycles. The largest absolute Gasteiger partial charge is 0.430 e. The van der Waals surface area contributed by atoms with Crippen molar-refractivity contribution in [3.05, 3.63) is 42.2 Å². The number of amidine groups is 2. The van der Waals surface area contributed by atoms with Gasteiger partial charge in [-0.2, -0.15) is 23.4 Å². The molecule has 1 atom stereocenters. The van der Waals surface area contributed by atoms with Crippen LogP contribution >= 0.6 is 0 Å². The van der Waals surface area contributed by atoms with E-state index in [1.54, 1.807) is 18.3 Å². The molecule has 1 unspecified atom stereocenters. The molecular weight excluding hydrogens is 371 g/mol. The van der Waals surface area contributed by atoms with Gasteiger partial charge in [-0.25, -0.2) is 5.01 Å². The van der Waals surface area contributed by atoms with Gasteiger partial charge in [0.15, 0.2) is 5.84 Å². The van der Waals surface area contributed by atoms with Crippen molar-refractivity contribution in [3.63, 3.8) is 0 Å². The van der Waals surface area contributed by atoms with Crippen molar-refractivity contribution in [3.8, 4) is 0 Å². The van der Waals surface area contributed by atoms with E-state index < -0.39 is 12.3 Å². The number of hydrogen-bond acceptors (Lipinski definition) is 7. The fourth-order valence-corrected chi connectivity index (χ4v) is 3.71. The van der Waals surface area contributed by atoms with E-state index in [2.05, 4.69) is 38.6 Å². The summed E-state index contributed by atoms with van der Waals surface area (Å²) in [7, 11) is 2.10. The quantitative estimate of drug-likeness (QED) is 0.851. The van der Waals surface area contributed by atoms with Gasteiger partial charge in [-0.15, -0.1) is 0 Å². The van der Waals surface area contributed by atoms with Crippen LogP contribution in [0.15, 0.2) is 46.9 Å². The Morgan fingerprint density at radius 3 is 2.64 bits per heavy atom. The Hall–Kier alpha value is -2.62. The van der Waals surface area contributed by atoms with Crippen molar-refractivity contribution in [1.82, 2.24) is 25.2 Å². The van der Waals surface area contributed by atoms with Gasteiger partial charge in [-0.05, 0) is 43.7 Å². The maximum atomic E-state index is 13.1. The third-order valence-electron chi connectivity index (χ3n) is 5.25. The monoisotopic (exact) mass is 393 g/mol. The number of piperidine rings is 1. The Kier molecular flexibility index (Phi) is 4.96. The average Bonchev–Trinajstić information content (AvgIpc) is 3.12. The number of fused-ring (bicyclic) bond motifs is 1. The van der Waals surface area contributed by atoms with Gasteiger partial charge in [-0.1, -0.05) is 6.07 Å². The molecule has 7 nitrogen and oxygen atoms in total. The number of nitrogens with zero attached hydrogens (tertiary/aromatic N) is 6. The summed E-state index contributed by atoms with van der Waals surface area (Å²) in [4.78, 5) is 8.49. The lowest BCUT2D eigenvalue weighted by molar-refractivity contribution is -0.178. The van der Waals surface area contributed by atoms with Gasteiger partial charge in [0.25, 0.3) is 0 Å². The molecule has 0 aromatic carbocycles. The first-order valence-electron chi connectivity index (χ1n) is 9.22. The van der Waals surface area contributed by atoms with Crippen LogP contribution < -0.4 is 5.43 Å². The van der Waals surface area contributed by atoms with Gasteiger partial charge >= 0.3 is 6.18 Å². The molecule has 4 rings (SSSR count). The van der Waals surface area contributed by atoms with E-state index >= 15 is 0 Å². The molecule has 3 aliphatic rings. The second-order valence-corrected chi connectivity index (χ2v) is 7.17. The summed E-state index contributed by atoms with van der Waals surface area (Å²) in [6.07, 6.45) is 2.41. The van der Waals surface area contributed by atoms with Crippen molar-refractivity contribution < 1.29 is 13.2 Å². The molecule has 1 aromatic heterocycles. The SMILES string of the molecule is CN(Cc1cccnc1)C1CCN(C2=NN3C(=NNC3C(F)(F)F)C=C2)CC1. The summed E-state index contributed by atoms with van der Waals surface area (Å²) < 4.78 is 39.4. The Bertz CT molecular complexity index is 782. The molecule has 0 radical (unpaired) electrons. The molecule has 4 heterocycles. The molecule has 1 fully saturated rings. The lowest BCUT2D eigenvalue weighted by Crippen LogP contribution is -2.50. The van der Waals surface area contributed by atoms with Crippen LogP contribution in [0.1, 0.15) is 18.4 Å². The number of likely N-dealkylation sites (tertiary alicyclic amines) is 1. The van der Waals surface area contributed by atoms with Crippen LogP contribution in [-0.4, -0.2) is 70.0 Å². The molecule has 28 heavy (non-hydrogen) atoms. The molecule has 0 aliphatic carbocycles. The minimum Gasteiger partial charge on any atom is -0.355 e. The minimum atomic E-state index is -4.45. The predicted octanol–water partition coefficient (Wildman–Crippen LogP) is 1.97.